The van der Waals surface area contributed by atoms with Crippen LogP contribution in [0, 0.1) is 0 Å². The average molecular weight is 536 g/mol. The summed E-state index contributed by atoms with van der Waals surface area (Å²) in [5, 5.41) is 13.6. The third-order valence-electron chi connectivity index (χ3n) is 6.14. The predicted octanol–water partition coefficient (Wildman–Crippen LogP) is 5.89. The molecule has 8 nitrogen and oxygen atoms in total. The number of benzene rings is 2. The van der Waals surface area contributed by atoms with Crippen LogP contribution in [0.5, 0.6) is 11.5 Å². The minimum absolute atomic E-state index is 0.108. The number of nitrogens with zero attached hydrogens (tertiary/aromatic N) is 2. The zero-order valence-electron chi connectivity index (χ0n) is 19.8. The third kappa shape index (κ3) is 4.59. The van der Waals surface area contributed by atoms with Gasteiger partial charge in [0.05, 0.1) is 42.2 Å². The van der Waals surface area contributed by atoms with Gasteiger partial charge in [0.15, 0.2) is 5.11 Å². The molecule has 1 aliphatic rings. The molecule has 0 amide bonds. The maximum Gasteiger partial charge on any atom is 0.335 e. The minimum atomic E-state index is -1.05. The highest BCUT2D eigenvalue weighted by atomic mass is 35.5. The van der Waals surface area contributed by atoms with E-state index in [0.29, 0.717) is 44.4 Å². The van der Waals surface area contributed by atoms with Crippen molar-refractivity contribution in [3.05, 3.63) is 95.0 Å². The molecule has 2 aromatic heterocycles. The number of aromatic nitrogens is 1. The second kappa shape index (κ2) is 10.1. The Morgan fingerprint density at radius 1 is 1.11 bits per heavy atom. The van der Waals surface area contributed by atoms with Crippen LogP contribution >= 0.6 is 23.8 Å². The zero-order valence-corrected chi connectivity index (χ0v) is 21.4. The third-order valence-corrected chi connectivity index (χ3v) is 6.79. The molecule has 1 saturated heterocycles. The first-order valence-corrected chi connectivity index (χ1v) is 12.1. The number of rotatable bonds is 7. The number of halogens is 1. The number of furan rings is 1. The Balaban J connectivity index is 1.63. The Morgan fingerprint density at radius 2 is 1.95 bits per heavy atom. The van der Waals surface area contributed by atoms with E-state index in [4.69, 9.17) is 37.7 Å². The van der Waals surface area contributed by atoms with Crippen LogP contribution in [-0.2, 0) is 0 Å². The number of hydrogen-bond donors (Lipinski definition) is 2. The molecule has 1 fully saturated rings. The molecule has 0 aliphatic carbocycles. The number of carboxylic acid groups (broad SMARTS) is 1. The molecule has 4 aromatic rings. The predicted molar refractivity (Wildman–Crippen MR) is 144 cm³/mol. The van der Waals surface area contributed by atoms with Crippen molar-refractivity contribution in [3.8, 4) is 22.8 Å². The molecule has 5 rings (SSSR count). The van der Waals surface area contributed by atoms with Crippen LogP contribution in [0.25, 0.3) is 11.3 Å². The van der Waals surface area contributed by atoms with Crippen molar-refractivity contribution in [3.63, 3.8) is 0 Å². The molecule has 2 atom stereocenters. The van der Waals surface area contributed by atoms with Crippen molar-refractivity contribution >= 4 is 40.6 Å². The fraction of sp³-hybridized carbons (Fsp3) is 0.148. The van der Waals surface area contributed by atoms with Gasteiger partial charge in [0.25, 0.3) is 0 Å². The Kier molecular flexibility index (Phi) is 6.73. The zero-order chi connectivity index (χ0) is 26.1. The number of carboxylic acids is 1. The summed E-state index contributed by atoms with van der Waals surface area (Å²) in [5.74, 6) is 1.17. The number of methoxy groups -OCH3 is 2. The lowest BCUT2D eigenvalue weighted by molar-refractivity contribution is 0.0697. The number of carbonyl (C=O) groups is 1. The largest absolute Gasteiger partial charge is 0.497 e. The monoisotopic (exact) mass is 535 g/mol. The van der Waals surface area contributed by atoms with Gasteiger partial charge in [-0.25, -0.2) is 4.79 Å². The standard InChI is InChI=1S/C27H22ClN3O5S/c1-34-16-7-9-20(23(14-16)35-2)31-25(24(30-27(31)37)19-5-3-4-12-29-19)22-11-10-21(36-22)17-13-15(26(32)33)6-8-18(17)28/h3-14,24-25H,1-2H3,(H,30,37)(H,32,33). The van der Waals surface area contributed by atoms with Crippen LogP contribution in [0.3, 0.4) is 0 Å². The summed E-state index contributed by atoms with van der Waals surface area (Å²) in [7, 11) is 3.17. The lowest BCUT2D eigenvalue weighted by atomic mass is 10.0. The van der Waals surface area contributed by atoms with Gasteiger partial charge in [-0.2, -0.15) is 0 Å². The number of ether oxygens (including phenoxy) is 2. The second-order valence-corrected chi connectivity index (χ2v) is 9.03. The van der Waals surface area contributed by atoms with E-state index in [1.165, 1.54) is 12.1 Å². The van der Waals surface area contributed by atoms with Gasteiger partial charge in [-0.05, 0) is 66.8 Å². The number of nitrogens with one attached hydrogen (secondary N) is 1. The number of hydrogen-bond acceptors (Lipinski definition) is 6. The molecule has 2 unspecified atom stereocenters. The molecule has 2 N–H and O–H groups in total. The van der Waals surface area contributed by atoms with Gasteiger partial charge in [-0.3, -0.25) is 4.98 Å². The first-order valence-electron chi connectivity index (χ1n) is 11.3. The summed E-state index contributed by atoms with van der Waals surface area (Å²) in [5.41, 5.74) is 2.07. The highest BCUT2D eigenvalue weighted by Gasteiger charge is 2.43. The summed E-state index contributed by atoms with van der Waals surface area (Å²) in [4.78, 5) is 18.0. The highest BCUT2D eigenvalue weighted by Crippen LogP contribution is 2.46. The summed E-state index contributed by atoms with van der Waals surface area (Å²) in [6.45, 7) is 0. The smallest absolute Gasteiger partial charge is 0.335 e. The van der Waals surface area contributed by atoms with E-state index in [0.717, 1.165) is 5.69 Å². The lowest BCUT2D eigenvalue weighted by Crippen LogP contribution is -2.29. The molecule has 3 heterocycles. The first-order chi connectivity index (χ1) is 17.9. The number of pyridine rings is 1. The molecule has 10 heteroatoms. The van der Waals surface area contributed by atoms with Gasteiger partial charge in [-0.1, -0.05) is 17.7 Å². The quantitative estimate of drug-likeness (QED) is 0.281. The van der Waals surface area contributed by atoms with Crippen molar-refractivity contribution in [2.75, 3.05) is 19.1 Å². The van der Waals surface area contributed by atoms with E-state index in [1.54, 1.807) is 38.6 Å². The van der Waals surface area contributed by atoms with Gasteiger partial charge >= 0.3 is 5.97 Å². The van der Waals surface area contributed by atoms with E-state index in [2.05, 4.69) is 10.3 Å². The number of anilines is 1. The Hall–Kier alpha value is -4.08. The molecule has 1 aliphatic heterocycles. The molecule has 188 valence electrons. The normalized spacial score (nSPS) is 16.9. The van der Waals surface area contributed by atoms with Crippen molar-refractivity contribution in [1.29, 1.82) is 0 Å². The van der Waals surface area contributed by atoms with E-state index >= 15 is 0 Å². The maximum atomic E-state index is 11.5. The summed E-state index contributed by atoms with van der Waals surface area (Å²) < 4.78 is 17.4. The van der Waals surface area contributed by atoms with Gasteiger partial charge in [0, 0.05) is 17.8 Å². The molecule has 0 saturated carbocycles. The fourth-order valence-electron chi connectivity index (χ4n) is 4.39. The van der Waals surface area contributed by atoms with Crippen LogP contribution in [0.1, 0.15) is 33.9 Å². The summed E-state index contributed by atoms with van der Waals surface area (Å²) in [6, 6.07) is 18.4. The van der Waals surface area contributed by atoms with Crippen LogP contribution in [-0.4, -0.2) is 35.4 Å². The van der Waals surface area contributed by atoms with Crippen molar-refractivity contribution in [2.24, 2.45) is 0 Å². The average Bonchev–Trinajstić information content (AvgIpc) is 3.53. The topological polar surface area (TPSA) is 97.1 Å². The van der Waals surface area contributed by atoms with Crippen molar-refractivity contribution in [2.45, 2.75) is 12.1 Å². The SMILES string of the molecule is COc1ccc(N2C(=S)NC(c3ccccn3)C2c2ccc(-c3cc(C(=O)O)ccc3Cl)o2)c(OC)c1. The van der Waals surface area contributed by atoms with Crippen molar-refractivity contribution < 1.29 is 23.8 Å². The van der Waals surface area contributed by atoms with Crippen LogP contribution in [0.2, 0.25) is 5.02 Å². The van der Waals surface area contributed by atoms with Crippen LogP contribution < -0.4 is 19.7 Å². The molecule has 0 spiro atoms. The van der Waals surface area contributed by atoms with E-state index in [-0.39, 0.29) is 11.6 Å². The number of aromatic carboxylic acids is 1. The fourth-order valence-corrected chi connectivity index (χ4v) is 4.94. The maximum absolute atomic E-state index is 11.5. The van der Waals surface area contributed by atoms with Gasteiger partial charge in [0.1, 0.15) is 29.1 Å². The van der Waals surface area contributed by atoms with Crippen LogP contribution in [0.4, 0.5) is 5.69 Å². The summed E-state index contributed by atoms with van der Waals surface area (Å²) in [6.07, 6.45) is 1.72. The van der Waals surface area contributed by atoms with Gasteiger partial charge in [0.2, 0.25) is 0 Å². The van der Waals surface area contributed by atoms with E-state index in [1.807, 2.05) is 41.3 Å². The Labute approximate surface area is 223 Å². The van der Waals surface area contributed by atoms with E-state index < -0.39 is 12.0 Å². The van der Waals surface area contributed by atoms with Gasteiger partial charge < -0.3 is 29.2 Å². The molecular formula is C27H22ClN3O5S. The molecule has 37 heavy (non-hydrogen) atoms. The molecule has 2 aromatic carbocycles. The molecular weight excluding hydrogens is 514 g/mol. The van der Waals surface area contributed by atoms with Crippen molar-refractivity contribution in [1.82, 2.24) is 10.3 Å². The second-order valence-electron chi connectivity index (χ2n) is 8.24. The summed E-state index contributed by atoms with van der Waals surface area (Å²) >= 11 is 12.2. The molecule has 0 bridgehead atoms. The van der Waals surface area contributed by atoms with E-state index in [9.17, 15) is 9.90 Å². The Morgan fingerprint density at radius 3 is 2.65 bits per heavy atom. The van der Waals surface area contributed by atoms with Gasteiger partial charge in [-0.15, -0.1) is 0 Å². The van der Waals surface area contributed by atoms with Crippen LogP contribution in [0.15, 0.2) is 77.3 Å². The molecule has 0 radical (unpaired) electrons. The highest BCUT2D eigenvalue weighted by molar-refractivity contribution is 7.80. The number of thiocarbonyl (C=S) groups is 1. The Bertz CT molecular complexity index is 1480. The lowest BCUT2D eigenvalue weighted by Gasteiger charge is -2.27. The minimum Gasteiger partial charge on any atom is -0.497 e. The first kappa shape index (κ1) is 24.6.